The highest BCUT2D eigenvalue weighted by Gasteiger charge is 2.31. The molecule has 1 atom stereocenters. The Morgan fingerprint density at radius 2 is 1.38 bits per heavy atom. The van der Waals surface area contributed by atoms with Crippen molar-refractivity contribution in [3.05, 3.63) is 41.5 Å². The Hall–Kier alpha value is -2.64. The van der Waals surface area contributed by atoms with Crippen molar-refractivity contribution in [2.45, 2.75) is 6.04 Å². The van der Waals surface area contributed by atoms with Gasteiger partial charge in [0, 0.05) is 43.4 Å². The summed E-state index contributed by atoms with van der Waals surface area (Å²) in [6.45, 7) is 3.64. The molecule has 3 rings (SSSR count). The van der Waals surface area contributed by atoms with Gasteiger partial charge in [-0.1, -0.05) is 0 Å². The standard InChI is InChI=1S/C22H30N2O5/c1-25-15-6-7-16(19(14-15)27-3)20(24-12-10-23-11-13-24)17-8-9-18(26-2)22(29-5)21(17)28-4/h6-9,14,20,23H,10-13H2,1-5H3. The van der Waals surface area contributed by atoms with Crippen LogP contribution in [0, 0.1) is 0 Å². The largest absolute Gasteiger partial charge is 0.497 e. The summed E-state index contributed by atoms with van der Waals surface area (Å²) < 4.78 is 28.0. The van der Waals surface area contributed by atoms with Crippen LogP contribution < -0.4 is 29.0 Å². The zero-order valence-corrected chi connectivity index (χ0v) is 17.8. The molecule has 158 valence electrons. The quantitative estimate of drug-likeness (QED) is 0.728. The van der Waals surface area contributed by atoms with E-state index in [1.54, 1.807) is 35.5 Å². The van der Waals surface area contributed by atoms with Crippen LogP contribution in [0.1, 0.15) is 17.2 Å². The Kier molecular flexibility index (Phi) is 7.06. The van der Waals surface area contributed by atoms with E-state index >= 15 is 0 Å². The molecule has 1 unspecified atom stereocenters. The average Bonchev–Trinajstić information content (AvgIpc) is 2.79. The molecule has 0 bridgehead atoms. The molecule has 1 fully saturated rings. The van der Waals surface area contributed by atoms with Crippen LogP contribution in [0.15, 0.2) is 30.3 Å². The first-order chi connectivity index (χ1) is 14.2. The fourth-order valence-corrected chi connectivity index (χ4v) is 3.89. The fourth-order valence-electron chi connectivity index (χ4n) is 3.89. The van der Waals surface area contributed by atoms with Crippen molar-refractivity contribution in [2.24, 2.45) is 0 Å². The second kappa shape index (κ2) is 9.71. The van der Waals surface area contributed by atoms with Gasteiger partial charge in [-0.2, -0.15) is 0 Å². The first-order valence-corrected chi connectivity index (χ1v) is 9.64. The normalized spacial score (nSPS) is 15.5. The van der Waals surface area contributed by atoms with Crippen molar-refractivity contribution in [2.75, 3.05) is 61.7 Å². The molecule has 1 saturated heterocycles. The number of hydrogen-bond donors (Lipinski definition) is 1. The minimum absolute atomic E-state index is 0.0762. The fraction of sp³-hybridized carbons (Fsp3) is 0.455. The van der Waals surface area contributed by atoms with Crippen molar-refractivity contribution in [3.63, 3.8) is 0 Å². The predicted molar refractivity (Wildman–Crippen MR) is 112 cm³/mol. The summed E-state index contributed by atoms with van der Waals surface area (Å²) in [7, 11) is 8.23. The number of methoxy groups -OCH3 is 5. The van der Waals surface area contributed by atoms with Crippen LogP contribution in [0.3, 0.4) is 0 Å². The Balaban J connectivity index is 2.20. The summed E-state index contributed by atoms with van der Waals surface area (Å²) in [6.07, 6.45) is 0. The molecular weight excluding hydrogens is 372 g/mol. The zero-order chi connectivity index (χ0) is 20.8. The van der Waals surface area contributed by atoms with Gasteiger partial charge in [-0.3, -0.25) is 4.90 Å². The maximum absolute atomic E-state index is 5.81. The Morgan fingerprint density at radius 3 is 1.97 bits per heavy atom. The lowest BCUT2D eigenvalue weighted by Crippen LogP contribution is -2.45. The van der Waals surface area contributed by atoms with Crippen LogP contribution in [0.2, 0.25) is 0 Å². The smallest absolute Gasteiger partial charge is 0.203 e. The highest BCUT2D eigenvalue weighted by molar-refractivity contribution is 5.59. The van der Waals surface area contributed by atoms with Crippen LogP contribution in [0.4, 0.5) is 0 Å². The van der Waals surface area contributed by atoms with Gasteiger partial charge in [0.05, 0.1) is 41.6 Å². The molecule has 2 aromatic carbocycles. The van der Waals surface area contributed by atoms with Crippen LogP contribution in [-0.4, -0.2) is 66.6 Å². The molecule has 29 heavy (non-hydrogen) atoms. The molecule has 0 saturated carbocycles. The van der Waals surface area contributed by atoms with E-state index in [1.165, 1.54) is 0 Å². The van der Waals surface area contributed by atoms with Gasteiger partial charge in [-0.15, -0.1) is 0 Å². The number of nitrogens with zero attached hydrogens (tertiary/aromatic N) is 1. The molecule has 0 spiro atoms. The van der Waals surface area contributed by atoms with Crippen molar-refractivity contribution in [1.82, 2.24) is 10.2 Å². The van der Waals surface area contributed by atoms with E-state index in [4.69, 9.17) is 23.7 Å². The van der Waals surface area contributed by atoms with E-state index in [0.717, 1.165) is 48.8 Å². The third kappa shape index (κ3) is 4.21. The number of nitrogens with one attached hydrogen (secondary N) is 1. The summed E-state index contributed by atoms with van der Waals surface area (Å²) in [4.78, 5) is 2.42. The molecule has 0 aromatic heterocycles. The van der Waals surface area contributed by atoms with E-state index in [9.17, 15) is 0 Å². The van der Waals surface area contributed by atoms with Gasteiger partial charge in [0.15, 0.2) is 11.5 Å². The Labute approximate surface area is 172 Å². The molecule has 2 aromatic rings. The zero-order valence-electron chi connectivity index (χ0n) is 17.8. The van der Waals surface area contributed by atoms with Gasteiger partial charge in [-0.05, 0) is 24.3 Å². The van der Waals surface area contributed by atoms with E-state index in [1.807, 2.05) is 24.3 Å². The molecule has 0 aliphatic carbocycles. The molecule has 1 N–H and O–H groups in total. The van der Waals surface area contributed by atoms with Crippen molar-refractivity contribution in [1.29, 1.82) is 0 Å². The number of ether oxygens (including phenoxy) is 5. The second-order valence-electron chi connectivity index (χ2n) is 6.72. The Bertz CT molecular complexity index is 821. The van der Waals surface area contributed by atoms with Gasteiger partial charge >= 0.3 is 0 Å². The minimum Gasteiger partial charge on any atom is -0.497 e. The third-order valence-electron chi connectivity index (χ3n) is 5.28. The summed E-state index contributed by atoms with van der Waals surface area (Å²) in [5.74, 6) is 3.40. The molecular formula is C22H30N2O5. The monoisotopic (exact) mass is 402 g/mol. The molecule has 1 aliphatic rings. The molecule has 7 nitrogen and oxygen atoms in total. The molecule has 1 aliphatic heterocycles. The Morgan fingerprint density at radius 1 is 0.724 bits per heavy atom. The van der Waals surface area contributed by atoms with Gasteiger partial charge in [0.2, 0.25) is 5.75 Å². The van der Waals surface area contributed by atoms with Crippen LogP contribution in [0.5, 0.6) is 28.7 Å². The number of rotatable bonds is 8. The molecule has 7 heteroatoms. The van der Waals surface area contributed by atoms with Crippen LogP contribution in [0.25, 0.3) is 0 Å². The van der Waals surface area contributed by atoms with E-state index < -0.39 is 0 Å². The van der Waals surface area contributed by atoms with Gasteiger partial charge < -0.3 is 29.0 Å². The number of piperazine rings is 1. The first-order valence-electron chi connectivity index (χ1n) is 9.64. The van der Waals surface area contributed by atoms with Crippen molar-refractivity contribution < 1.29 is 23.7 Å². The maximum atomic E-state index is 5.81. The van der Waals surface area contributed by atoms with Crippen molar-refractivity contribution >= 4 is 0 Å². The summed E-state index contributed by atoms with van der Waals surface area (Å²) >= 11 is 0. The molecule has 1 heterocycles. The SMILES string of the molecule is COc1ccc(C(c2ccc(OC)c(OC)c2OC)N2CCNCC2)c(OC)c1. The highest BCUT2D eigenvalue weighted by Crippen LogP contribution is 2.47. The lowest BCUT2D eigenvalue weighted by Gasteiger charge is -2.37. The van der Waals surface area contributed by atoms with E-state index in [2.05, 4.69) is 16.3 Å². The summed E-state index contributed by atoms with van der Waals surface area (Å²) in [5, 5.41) is 3.42. The topological polar surface area (TPSA) is 61.4 Å². The lowest BCUT2D eigenvalue weighted by atomic mass is 9.94. The summed E-state index contributed by atoms with van der Waals surface area (Å²) in [5.41, 5.74) is 2.04. The average molecular weight is 402 g/mol. The van der Waals surface area contributed by atoms with Gasteiger partial charge in [0.25, 0.3) is 0 Å². The molecule has 0 radical (unpaired) electrons. The van der Waals surface area contributed by atoms with Crippen molar-refractivity contribution in [3.8, 4) is 28.7 Å². The second-order valence-corrected chi connectivity index (χ2v) is 6.72. The summed E-state index contributed by atoms with van der Waals surface area (Å²) in [6, 6.07) is 9.81. The molecule has 0 amide bonds. The predicted octanol–water partition coefficient (Wildman–Crippen LogP) is 2.72. The number of benzene rings is 2. The van der Waals surface area contributed by atoms with Gasteiger partial charge in [0.1, 0.15) is 11.5 Å². The minimum atomic E-state index is -0.0762. The highest BCUT2D eigenvalue weighted by atomic mass is 16.5. The van der Waals surface area contributed by atoms with E-state index in [0.29, 0.717) is 17.2 Å². The third-order valence-corrected chi connectivity index (χ3v) is 5.28. The maximum Gasteiger partial charge on any atom is 0.203 e. The van der Waals surface area contributed by atoms with Crippen LogP contribution >= 0.6 is 0 Å². The van der Waals surface area contributed by atoms with E-state index in [-0.39, 0.29) is 6.04 Å². The van der Waals surface area contributed by atoms with Gasteiger partial charge in [-0.25, -0.2) is 0 Å². The van der Waals surface area contributed by atoms with Crippen LogP contribution in [-0.2, 0) is 0 Å². The number of hydrogen-bond acceptors (Lipinski definition) is 7. The lowest BCUT2D eigenvalue weighted by molar-refractivity contribution is 0.191. The first kappa shape index (κ1) is 21.1.